The molecule has 0 radical (unpaired) electrons. The zero-order chi connectivity index (χ0) is 16.4. The van der Waals surface area contributed by atoms with Crippen molar-refractivity contribution in [1.82, 2.24) is 14.8 Å². The SMILES string of the molecule is O=C(c1cccnc1N1CCN(CC2CC2)CC1)N1CCCCC1. The van der Waals surface area contributed by atoms with Crippen molar-refractivity contribution in [1.29, 1.82) is 0 Å². The number of aromatic nitrogens is 1. The van der Waals surface area contributed by atoms with Crippen LogP contribution in [0.2, 0.25) is 0 Å². The van der Waals surface area contributed by atoms with E-state index in [1.165, 1.54) is 25.8 Å². The summed E-state index contributed by atoms with van der Waals surface area (Å²) in [4.78, 5) is 24.4. The fourth-order valence-corrected chi connectivity index (χ4v) is 3.89. The predicted octanol–water partition coefficient (Wildman–Crippen LogP) is 2.24. The maximum atomic E-state index is 12.9. The summed E-state index contributed by atoms with van der Waals surface area (Å²) >= 11 is 0. The van der Waals surface area contributed by atoms with Gasteiger partial charge in [-0.1, -0.05) is 0 Å². The maximum absolute atomic E-state index is 12.9. The minimum atomic E-state index is 0.165. The molecule has 5 nitrogen and oxygen atoms in total. The molecule has 24 heavy (non-hydrogen) atoms. The zero-order valence-corrected chi connectivity index (χ0v) is 14.5. The normalized spacial score (nSPS) is 22.7. The third kappa shape index (κ3) is 3.56. The summed E-state index contributed by atoms with van der Waals surface area (Å²) in [6, 6.07) is 3.85. The van der Waals surface area contributed by atoms with Gasteiger partial charge in [0.15, 0.2) is 0 Å². The Morgan fingerprint density at radius 3 is 2.50 bits per heavy atom. The topological polar surface area (TPSA) is 39.7 Å². The summed E-state index contributed by atoms with van der Waals surface area (Å²) in [5, 5.41) is 0. The number of carbonyl (C=O) groups excluding carboxylic acids is 1. The van der Waals surface area contributed by atoms with Gasteiger partial charge in [-0.25, -0.2) is 4.98 Å². The highest BCUT2D eigenvalue weighted by Crippen LogP contribution is 2.30. The van der Waals surface area contributed by atoms with E-state index in [1.54, 1.807) is 0 Å². The molecule has 2 saturated heterocycles. The van der Waals surface area contributed by atoms with E-state index in [9.17, 15) is 4.79 Å². The number of carbonyl (C=O) groups is 1. The van der Waals surface area contributed by atoms with E-state index in [-0.39, 0.29) is 5.91 Å². The van der Waals surface area contributed by atoms with Gasteiger partial charge in [-0.2, -0.15) is 0 Å². The minimum absolute atomic E-state index is 0.165. The van der Waals surface area contributed by atoms with Crippen LogP contribution in [0.25, 0.3) is 0 Å². The van der Waals surface area contributed by atoms with Gasteiger partial charge in [-0.15, -0.1) is 0 Å². The molecule has 1 aliphatic carbocycles. The predicted molar refractivity (Wildman–Crippen MR) is 95.4 cm³/mol. The van der Waals surface area contributed by atoms with Crippen LogP contribution in [-0.2, 0) is 0 Å². The molecular formula is C19H28N4O. The van der Waals surface area contributed by atoms with Crippen LogP contribution < -0.4 is 4.90 Å². The molecule has 4 rings (SSSR count). The average molecular weight is 328 g/mol. The van der Waals surface area contributed by atoms with Crippen molar-refractivity contribution in [2.45, 2.75) is 32.1 Å². The lowest BCUT2D eigenvalue weighted by Gasteiger charge is -2.36. The number of hydrogen-bond donors (Lipinski definition) is 0. The lowest BCUT2D eigenvalue weighted by Crippen LogP contribution is -2.48. The molecule has 0 aromatic carbocycles. The Morgan fingerprint density at radius 2 is 1.79 bits per heavy atom. The number of hydrogen-bond acceptors (Lipinski definition) is 4. The third-order valence-electron chi connectivity index (χ3n) is 5.55. The highest BCUT2D eigenvalue weighted by molar-refractivity contribution is 5.99. The summed E-state index contributed by atoms with van der Waals surface area (Å²) in [5.74, 6) is 2.00. The summed E-state index contributed by atoms with van der Waals surface area (Å²) in [6.07, 6.45) is 8.14. The molecule has 3 heterocycles. The van der Waals surface area contributed by atoms with Crippen LogP contribution in [0.5, 0.6) is 0 Å². The maximum Gasteiger partial charge on any atom is 0.257 e. The fourth-order valence-electron chi connectivity index (χ4n) is 3.89. The Morgan fingerprint density at radius 1 is 1.04 bits per heavy atom. The van der Waals surface area contributed by atoms with Gasteiger partial charge in [0.25, 0.3) is 5.91 Å². The van der Waals surface area contributed by atoms with Gasteiger partial charge >= 0.3 is 0 Å². The molecule has 5 heteroatoms. The second kappa shape index (κ2) is 7.09. The van der Waals surface area contributed by atoms with Gasteiger partial charge in [-0.05, 0) is 50.2 Å². The molecule has 0 spiro atoms. The number of piperidine rings is 1. The summed E-state index contributed by atoms with van der Waals surface area (Å²) in [6.45, 7) is 7.17. The number of nitrogens with zero attached hydrogens (tertiary/aromatic N) is 4. The highest BCUT2D eigenvalue weighted by atomic mass is 16.2. The van der Waals surface area contributed by atoms with Crippen molar-refractivity contribution in [2.24, 2.45) is 5.92 Å². The van der Waals surface area contributed by atoms with E-state index < -0.39 is 0 Å². The first kappa shape index (κ1) is 15.9. The van der Waals surface area contributed by atoms with E-state index in [4.69, 9.17) is 0 Å². The minimum Gasteiger partial charge on any atom is -0.353 e. The molecular weight excluding hydrogens is 300 g/mol. The van der Waals surface area contributed by atoms with E-state index in [1.807, 2.05) is 23.2 Å². The Bertz CT molecular complexity index is 572. The highest BCUT2D eigenvalue weighted by Gasteiger charge is 2.28. The largest absolute Gasteiger partial charge is 0.353 e. The smallest absolute Gasteiger partial charge is 0.257 e. The number of amides is 1. The summed E-state index contributed by atoms with van der Waals surface area (Å²) in [7, 11) is 0. The van der Waals surface area contributed by atoms with Crippen LogP contribution in [0.1, 0.15) is 42.5 Å². The molecule has 1 amide bonds. The number of rotatable bonds is 4. The Labute approximate surface area is 144 Å². The first-order valence-electron chi connectivity index (χ1n) is 9.53. The molecule has 1 saturated carbocycles. The molecule has 1 aromatic heterocycles. The van der Waals surface area contributed by atoms with E-state index in [0.717, 1.165) is 69.4 Å². The van der Waals surface area contributed by atoms with Gasteiger partial charge in [0.2, 0.25) is 0 Å². The summed E-state index contributed by atoms with van der Waals surface area (Å²) in [5.41, 5.74) is 0.787. The van der Waals surface area contributed by atoms with Crippen molar-refractivity contribution >= 4 is 11.7 Å². The van der Waals surface area contributed by atoms with Crippen molar-refractivity contribution in [3.8, 4) is 0 Å². The van der Waals surface area contributed by atoms with E-state index >= 15 is 0 Å². The standard InChI is InChI=1S/C19H28N4O/c24-19(23-9-2-1-3-10-23)17-5-4-8-20-18(17)22-13-11-21(12-14-22)15-16-6-7-16/h4-5,8,16H,1-3,6-7,9-15H2. The van der Waals surface area contributed by atoms with Gasteiger partial charge in [-0.3, -0.25) is 9.69 Å². The van der Waals surface area contributed by atoms with Gasteiger partial charge in [0.05, 0.1) is 5.56 Å². The van der Waals surface area contributed by atoms with Crippen LogP contribution in [0.15, 0.2) is 18.3 Å². The van der Waals surface area contributed by atoms with Crippen LogP contribution in [-0.4, -0.2) is 66.5 Å². The molecule has 3 aliphatic rings. The van der Waals surface area contributed by atoms with E-state index in [2.05, 4.69) is 14.8 Å². The first-order valence-corrected chi connectivity index (χ1v) is 9.53. The van der Waals surface area contributed by atoms with E-state index in [0.29, 0.717) is 0 Å². The van der Waals surface area contributed by atoms with Crippen molar-refractivity contribution in [3.05, 3.63) is 23.9 Å². The molecule has 2 aliphatic heterocycles. The third-order valence-corrected chi connectivity index (χ3v) is 5.55. The van der Waals surface area contributed by atoms with Crippen LogP contribution in [0.4, 0.5) is 5.82 Å². The molecule has 0 bridgehead atoms. The fraction of sp³-hybridized carbons (Fsp3) is 0.684. The zero-order valence-electron chi connectivity index (χ0n) is 14.5. The summed E-state index contributed by atoms with van der Waals surface area (Å²) < 4.78 is 0. The molecule has 3 fully saturated rings. The van der Waals surface area contributed by atoms with Crippen LogP contribution in [0.3, 0.4) is 0 Å². The molecule has 130 valence electrons. The van der Waals surface area contributed by atoms with Gasteiger partial charge < -0.3 is 9.80 Å². The van der Waals surface area contributed by atoms with Crippen molar-refractivity contribution in [3.63, 3.8) is 0 Å². The van der Waals surface area contributed by atoms with Gasteiger partial charge in [0, 0.05) is 52.0 Å². The quantitative estimate of drug-likeness (QED) is 0.850. The van der Waals surface area contributed by atoms with Crippen molar-refractivity contribution in [2.75, 3.05) is 50.7 Å². The van der Waals surface area contributed by atoms with Crippen LogP contribution in [0, 0.1) is 5.92 Å². The second-order valence-electron chi connectivity index (χ2n) is 7.46. The second-order valence-corrected chi connectivity index (χ2v) is 7.46. The Hall–Kier alpha value is -1.62. The number of anilines is 1. The monoisotopic (exact) mass is 328 g/mol. The van der Waals surface area contributed by atoms with Gasteiger partial charge in [0.1, 0.15) is 5.82 Å². The lowest BCUT2D eigenvalue weighted by molar-refractivity contribution is 0.0724. The average Bonchev–Trinajstić information content (AvgIpc) is 3.47. The number of likely N-dealkylation sites (tertiary alicyclic amines) is 1. The Kier molecular flexibility index (Phi) is 4.69. The number of piperazine rings is 1. The molecule has 0 atom stereocenters. The molecule has 0 unspecified atom stereocenters. The van der Waals surface area contributed by atoms with Crippen molar-refractivity contribution < 1.29 is 4.79 Å². The van der Waals surface area contributed by atoms with Crippen LogP contribution >= 0.6 is 0 Å². The first-order chi connectivity index (χ1) is 11.8. The molecule has 1 aromatic rings. The lowest BCUT2D eigenvalue weighted by atomic mass is 10.1. The number of pyridine rings is 1. The Balaban J connectivity index is 1.44. The molecule has 0 N–H and O–H groups in total.